The Morgan fingerprint density at radius 3 is 2.23 bits per heavy atom. The van der Waals surface area contributed by atoms with E-state index in [-0.39, 0.29) is 0 Å². The van der Waals surface area contributed by atoms with Gasteiger partial charge in [-0.1, -0.05) is 60.7 Å². The van der Waals surface area contributed by atoms with Crippen LogP contribution in [0.4, 0.5) is 11.4 Å². The number of anilines is 1. The van der Waals surface area contributed by atoms with Crippen LogP contribution < -0.4 is 5.32 Å². The van der Waals surface area contributed by atoms with Gasteiger partial charge in [-0.05, 0) is 5.56 Å². The Kier molecular flexibility index (Phi) is 3.12. The van der Waals surface area contributed by atoms with Gasteiger partial charge in [0, 0.05) is 5.56 Å². The van der Waals surface area contributed by atoms with E-state index in [0.29, 0.717) is 6.54 Å². The largest absolute Gasteiger partial charge is 0.376 e. The number of aromatic nitrogens is 2. The summed E-state index contributed by atoms with van der Waals surface area (Å²) in [6, 6.07) is 20.2. The highest BCUT2D eigenvalue weighted by Crippen LogP contribution is 2.35. The Hall–Kier alpha value is -3.01. The number of rotatable bonds is 2. The van der Waals surface area contributed by atoms with Crippen LogP contribution in [-0.2, 0) is 0 Å². The molecule has 1 aliphatic heterocycles. The molecule has 3 aromatic rings. The Morgan fingerprint density at radius 2 is 1.50 bits per heavy atom. The molecule has 0 saturated carbocycles. The Labute approximate surface area is 128 Å². The van der Waals surface area contributed by atoms with Crippen molar-refractivity contribution in [2.75, 3.05) is 11.9 Å². The van der Waals surface area contributed by atoms with Crippen molar-refractivity contribution in [1.82, 2.24) is 10.2 Å². The lowest BCUT2D eigenvalue weighted by molar-refractivity contribution is 1.03. The van der Waals surface area contributed by atoms with Gasteiger partial charge < -0.3 is 5.32 Å². The Balaban J connectivity index is 1.80. The molecule has 4 heteroatoms. The van der Waals surface area contributed by atoms with Crippen LogP contribution in [0.15, 0.2) is 71.9 Å². The first-order chi connectivity index (χ1) is 10.9. The number of benzene rings is 2. The minimum absolute atomic E-state index is 0.683. The third-order valence-electron chi connectivity index (χ3n) is 3.67. The highest BCUT2D eigenvalue weighted by atomic mass is 15.1. The van der Waals surface area contributed by atoms with E-state index >= 15 is 0 Å². The average Bonchev–Trinajstić information content (AvgIpc) is 2.62. The van der Waals surface area contributed by atoms with Gasteiger partial charge in [0.15, 0.2) is 0 Å². The first-order valence-corrected chi connectivity index (χ1v) is 7.20. The highest BCUT2D eigenvalue weighted by molar-refractivity contribution is 6.08. The first kappa shape index (κ1) is 12.7. The van der Waals surface area contributed by atoms with Gasteiger partial charge >= 0.3 is 0 Å². The second kappa shape index (κ2) is 5.41. The predicted molar refractivity (Wildman–Crippen MR) is 88.6 cm³/mol. The number of aliphatic imine (C=N–C) groups is 1. The standard InChI is InChI=1S/C18H14N4/c1-3-7-13(8-4-1)15-11-19-18-16(21-15)12-20-22-17(18)14-9-5-2-6-10-14/h1-10,12,19H,11H2. The zero-order valence-electron chi connectivity index (χ0n) is 11.9. The van der Waals surface area contributed by atoms with Gasteiger partial charge in [0.05, 0.1) is 24.1 Å². The second-order valence-corrected chi connectivity index (χ2v) is 5.10. The Bertz CT molecular complexity index is 826. The maximum atomic E-state index is 4.75. The monoisotopic (exact) mass is 286 g/mol. The summed E-state index contributed by atoms with van der Waals surface area (Å²) in [5.74, 6) is 0. The molecule has 106 valence electrons. The van der Waals surface area contributed by atoms with Crippen LogP contribution in [0.2, 0.25) is 0 Å². The van der Waals surface area contributed by atoms with Crippen molar-refractivity contribution in [1.29, 1.82) is 0 Å². The van der Waals surface area contributed by atoms with Crippen LogP contribution in [0.25, 0.3) is 11.3 Å². The molecule has 0 atom stereocenters. The third kappa shape index (κ3) is 2.24. The molecule has 0 amide bonds. The second-order valence-electron chi connectivity index (χ2n) is 5.10. The maximum absolute atomic E-state index is 4.75. The van der Waals surface area contributed by atoms with Crippen molar-refractivity contribution in [3.8, 4) is 11.3 Å². The summed E-state index contributed by atoms with van der Waals surface area (Å²) >= 11 is 0. The normalized spacial score (nSPS) is 13.0. The molecule has 1 N–H and O–H groups in total. The fraction of sp³-hybridized carbons (Fsp3) is 0.0556. The lowest BCUT2D eigenvalue weighted by Gasteiger charge is -2.19. The van der Waals surface area contributed by atoms with E-state index in [2.05, 4.69) is 27.6 Å². The summed E-state index contributed by atoms with van der Waals surface area (Å²) in [7, 11) is 0. The van der Waals surface area contributed by atoms with Crippen LogP contribution >= 0.6 is 0 Å². The minimum atomic E-state index is 0.683. The van der Waals surface area contributed by atoms with Gasteiger partial charge in [-0.3, -0.25) is 0 Å². The van der Waals surface area contributed by atoms with Gasteiger partial charge in [-0.15, -0.1) is 5.10 Å². The lowest BCUT2D eigenvalue weighted by atomic mass is 10.1. The minimum Gasteiger partial charge on any atom is -0.376 e. The first-order valence-electron chi connectivity index (χ1n) is 7.20. The summed E-state index contributed by atoms with van der Waals surface area (Å²) in [5.41, 5.74) is 5.80. The molecule has 1 aliphatic rings. The van der Waals surface area contributed by atoms with Crippen LogP contribution in [0.3, 0.4) is 0 Å². The smallest absolute Gasteiger partial charge is 0.118 e. The van der Waals surface area contributed by atoms with Crippen LogP contribution in [0, 0.1) is 0 Å². The summed E-state index contributed by atoms with van der Waals surface area (Å²) in [4.78, 5) is 4.75. The zero-order chi connectivity index (χ0) is 14.8. The van der Waals surface area contributed by atoms with E-state index in [4.69, 9.17) is 4.99 Å². The molecule has 0 fully saturated rings. The number of fused-ring (bicyclic) bond motifs is 1. The molecule has 0 saturated heterocycles. The Morgan fingerprint density at radius 1 is 0.818 bits per heavy atom. The van der Waals surface area contributed by atoms with Gasteiger partial charge in [-0.2, -0.15) is 5.10 Å². The maximum Gasteiger partial charge on any atom is 0.118 e. The number of nitrogens with one attached hydrogen (secondary N) is 1. The average molecular weight is 286 g/mol. The van der Waals surface area contributed by atoms with Crippen LogP contribution in [0.1, 0.15) is 5.56 Å². The van der Waals surface area contributed by atoms with Crippen LogP contribution in [0.5, 0.6) is 0 Å². The van der Waals surface area contributed by atoms with Gasteiger partial charge in [0.2, 0.25) is 0 Å². The van der Waals surface area contributed by atoms with Gasteiger partial charge in [0.1, 0.15) is 11.4 Å². The summed E-state index contributed by atoms with van der Waals surface area (Å²) in [6.45, 7) is 0.683. The molecular formula is C18H14N4. The van der Waals surface area contributed by atoms with Crippen molar-refractivity contribution in [3.63, 3.8) is 0 Å². The molecule has 0 aliphatic carbocycles. The van der Waals surface area contributed by atoms with Crippen molar-refractivity contribution < 1.29 is 0 Å². The van der Waals surface area contributed by atoms with Gasteiger partial charge in [0.25, 0.3) is 0 Å². The highest BCUT2D eigenvalue weighted by Gasteiger charge is 2.18. The number of nitrogens with zero attached hydrogens (tertiary/aromatic N) is 3. The number of hydrogen-bond donors (Lipinski definition) is 1. The SMILES string of the molecule is c1ccc(C2=Nc3cnnc(-c4ccccc4)c3NC2)cc1. The fourth-order valence-electron chi connectivity index (χ4n) is 2.59. The zero-order valence-corrected chi connectivity index (χ0v) is 11.9. The quantitative estimate of drug-likeness (QED) is 0.781. The van der Waals surface area contributed by atoms with E-state index in [9.17, 15) is 0 Å². The van der Waals surface area contributed by atoms with E-state index < -0.39 is 0 Å². The summed E-state index contributed by atoms with van der Waals surface area (Å²) in [6.07, 6.45) is 1.71. The van der Waals surface area contributed by atoms with E-state index in [0.717, 1.165) is 33.9 Å². The van der Waals surface area contributed by atoms with Crippen molar-refractivity contribution in [2.45, 2.75) is 0 Å². The van der Waals surface area contributed by atoms with Crippen molar-refractivity contribution in [3.05, 3.63) is 72.4 Å². The molecule has 0 bridgehead atoms. The third-order valence-corrected chi connectivity index (χ3v) is 3.67. The van der Waals surface area contributed by atoms with E-state index in [1.165, 1.54) is 0 Å². The molecule has 0 spiro atoms. The summed E-state index contributed by atoms with van der Waals surface area (Å²) < 4.78 is 0. The van der Waals surface area contributed by atoms with Gasteiger partial charge in [-0.25, -0.2) is 4.99 Å². The fourth-order valence-corrected chi connectivity index (χ4v) is 2.59. The topological polar surface area (TPSA) is 50.2 Å². The molecule has 2 aromatic carbocycles. The molecule has 1 aromatic heterocycles. The molecule has 4 nitrogen and oxygen atoms in total. The molecule has 2 heterocycles. The van der Waals surface area contributed by atoms with E-state index in [1.807, 2.05) is 48.5 Å². The summed E-state index contributed by atoms with van der Waals surface area (Å²) in [5, 5.41) is 11.8. The van der Waals surface area contributed by atoms with Crippen LogP contribution in [-0.4, -0.2) is 22.5 Å². The molecular weight excluding hydrogens is 272 g/mol. The molecule has 4 rings (SSSR count). The van der Waals surface area contributed by atoms with E-state index in [1.54, 1.807) is 6.20 Å². The van der Waals surface area contributed by atoms with Crippen molar-refractivity contribution in [2.24, 2.45) is 4.99 Å². The molecule has 22 heavy (non-hydrogen) atoms. The molecule has 0 unspecified atom stereocenters. The number of hydrogen-bond acceptors (Lipinski definition) is 4. The predicted octanol–water partition coefficient (Wildman–Crippen LogP) is 3.69. The van der Waals surface area contributed by atoms with Crippen molar-refractivity contribution >= 4 is 17.1 Å². The molecule has 0 radical (unpaired) electrons. The lowest BCUT2D eigenvalue weighted by Crippen LogP contribution is -2.19.